The number of ketones is 1. The summed E-state index contributed by atoms with van der Waals surface area (Å²) in [6, 6.07) is 15.1. The van der Waals surface area contributed by atoms with Gasteiger partial charge < -0.3 is 10.1 Å². The number of aromatic nitrogens is 1. The van der Waals surface area contributed by atoms with Crippen LogP contribution in [0.15, 0.2) is 60.9 Å². The molecular formula is C29H33ClN2O2. The van der Waals surface area contributed by atoms with Gasteiger partial charge in [-0.15, -0.1) is 0 Å². The smallest absolute Gasteiger partial charge is 0.163 e. The molecule has 1 aliphatic rings. The van der Waals surface area contributed by atoms with E-state index in [9.17, 15) is 4.79 Å². The van der Waals surface area contributed by atoms with Gasteiger partial charge in [0.2, 0.25) is 0 Å². The van der Waals surface area contributed by atoms with Crippen LogP contribution < -0.4 is 10.1 Å². The number of hydrogen-bond acceptors (Lipinski definition) is 4. The van der Waals surface area contributed by atoms with Gasteiger partial charge in [-0.05, 0) is 89.3 Å². The summed E-state index contributed by atoms with van der Waals surface area (Å²) in [4.78, 5) is 17.4. The number of Topliss-reactive ketones (excluding diaryl/α,β-unsaturated/α-hetero) is 1. The molecule has 1 aromatic heterocycles. The summed E-state index contributed by atoms with van der Waals surface area (Å²) in [7, 11) is 0. The Hall–Kier alpha value is -2.69. The van der Waals surface area contributed by atoms with Crippen molar-refractivity contribution in [3.05, 3.63) is 77.1 Å². The van der Waals surface area contributed by atoms with Crippen LogP contribution in [0.2, 0.25) is 5.02 Å². The lowest BCUT2D eigenvalue weighted by atomic mass is 9.74. The summed E-state index contributed by atoms with van der Waals surface area (Å²) in [6.07, 6.45) is 6.09. The molecule has 2 heterocycles. The van der Waals surface area contributed by atoms with Gasteiger partial charge in [0.05, 0.1) is 5.02 Å². The molecule has 3 aromatic rings. The third-order valence-electron chi connectivity index (χ3n) is 6.44. The SMILES string of the molecule is Cc1ccncc1-c1ccccc1Oc1ccc(C(=O)CC2CC(C)(C)NC(C)(C)C2)cc1Cl. The number of halogens is 1. The minimum atomic E-state index is 0.0159. The molecule has 34 heavy (non-hydrogen) atoms. The highest BCUT2D eigenvalue weighted by Crippen LogP contribution is 2.38. The molecule has 0 aliphatic carbocycles. The Bertz CT molecular complexity index is 1190. The van der Waals surface area contributed by atoms with Gasteiger partial charge in [-0.3, -0.25) is 9.78 Å². The van der Waals surface area contributed by atoms with E-state index in [-0.39, 0.29) is 16.9 Å². The number of nitrogens with zero attached hydrogens (tertiary/aromatic N) is 1. The van der Waals surface area contributed by atoms with Gasteiger partial charge in [0.25, 0.3) is 0 Å². The van der Waals surface area contributed by atoms with Crippen LogP contribution >= 0.6 is 11.6 Å². The number of pyridine rings is 1. The lowest BCUT2D eigenvalue weighted by molar-refractivity contribution is 0.0864. The van der Waals surface area contributed by atoms with Crippen LogP contribution in [-0.4, -0.2) is 21.8 Å². The van der Waals surface area contributed by atoms with Crippen molar-refractivity contribution >= 4 is 17.4 Å². The topological polar surface area (TPSA) is 51.2 Å². The number of carbonyl (C=O) groups is 1. The third-order valence-corrected chi connectivity index (χ3v) is 6.73. The van der Waals surface area contributed by atoms with Crippen LogP contribution in [0.3, 0.4) is 0 Å². The molecule has 1 N–H and O–H groups in total. The summed E-state index contributed by atoms with van der Waals surface area (Å²) in [5.41, 5.74) is 3.73. The first-order valence-corrected chi connectivity index (χ1v) is 12.2. The number of ether oxygens (including phenoxy) is 1. The van der Waals surface area contributed by atoms with Crippen LogP contribution in [0, 0.1) is 12.8 Å². The second-order valence-corrected chi connectivity index (χ2v) is 11.1. The first-order chi connectivity index (χ1) is 16.0. The zero-order valence-corrected chi connectivity index (χ0v) is 21.4. The Morgan fingerprint density at radius 3 is 2.41 bits per heavy atom. The normalized spacial score (nSPS) is 17.4. The number of hydrogen-bond donors (Lipinski definition) is 1. The number of piperidine rings is 1. The van der Waals surface area contributed by atoms with Gasteiger partial charge in [0, 0.05) is 46.6 Å². The van der Waals surface area contributed by atoms with Crippen LogP contribution in [0.4, 0.5) is 0 Å². The van der Waals surface area contributed by atoms with Crippen LogP contribution in [0.1, 0.15) is 62.9 Å². The summed E-state index contributed by atoms with van der Waals surface area (Å²) in [5.74, 6) is 1.68. The highest BCUT2D eigenvalue weighted by molar-refractivity contribution is 6.32. The minimum absolute atomic E-state index is 0.0159. The summed E-state index contributed by atoms with van der Waals surface area (Å²) < 4.78 is 6.21. The summed E-state index contributed by atoms with van der Waals surface area (Å²) in [5, 5.41) is 4.11. The van der Waals surface area contributed by atoms with E-state index >= 15 is 0 Å². The average Bonchev–Trinajstić information content (AvgIpc) is 2.74. The Balaban J connectivity index is 1.52. The van der Waals surface area contributed by atoms with Crippen molar-refractivity contribution in [3.8, 4) is 22.6 Å². The number of aryl methyl sites for hydroxylation is 1. The Kier molecular flexibility index (Phi) is 6.84. The number of rotatable bonds is 6. The van der Waals surface area contributed by atoms with E-state index in [1.807, 2.05) is 49.5 Å². The maximum absolute atomic E-state index is 13.1. The fourth-order valence-electron chi connectivity index (χ4n) is 5.46. The maximum Gasteiger partial charge on any atom is 0.163 e. The molecule has 0 saturated carbocycles. The van der Waals surface area contributed by atoms with E-state index in [0.29, 0.717) is 34.4 Å². The zero-order valence-electron chi connectivity index (χ0n) is 20.6. The van der Waals surface area contributed by atoms with Gasteiger partial charge in [-0.25, -0.2) is 0 Å². The molecule has 0 spiro atoms. The van der Waals surface area contributed by atoms with Crippen molar-refractivity contribution in [2.75, 3.05) is 0 Å². The van der Waals surface area contributed by atoms with Crippen molar-refractivity contribution in [2.45, 2.75) is 65.0 Å². The Morgan fingerprint density at radius 2 is 1.74 bits per heavy atom. The molecule has 4 rings (SSSR count). The van der Waals surface area contributed by atoms with E-state index in [1.54, 1.807) is 18.3 Å². The van der Waals surface area contributed by atoms with Gasteiger partial charge >= 0.3 is 0 Å². The molecule has 4 nitrogen and oxygen atoms in total. The zero-order chi connectivity index (χ0) is 24.5. The third kappa shape index (κ3) is 5.68. The van der Waals surface area contributed by atoms with Gasteiger partial charge in [0.15, 0.2) is 5.78 Å². The quantitative estimate of drug-likeness (QED) is 0.371. The lowest BCUT2D eigenvalue weighted by Crippen LogP contribution is -2.57. The number of nitrogens with one attached hydrogen (secondary N) is 1. The molecular weight excluding hydrogens is 444 g/mol. The van der Waals surface area contributed by atoms with Gasteiger partial charge in [0.1, 0.15) is 11.5 Å². The van der Waals surface area contributed by atoms with Gasteiger partial charge in [-0.2, -0.15) is 0 Å². The fraction of sp³-hybridized carbons (Fsp3) is 0.379. The van der Waals surface area contributed by atoms with Crippen LogP contribution in [0.25, 0.3) is 11.1 Å². The molecule has 0 bridgehead atoms. The van der Waals surface area contributed by atoms with Crippen molar-refractivity contribution in [3.63, 3.8) is 0 Å². The van der Waals surface area contributed by atoms with E-state index < -0.39 is 0 Å². The van der Waals surface area contributed by atoms with Crippen LogP contribution in [0.5, 0.6) is 11.5 Å². The molecule has 5 heteroatoms. The first kappa shape index (κ1) is 24.4. The van der Waals surface area contributed by atoms with E-state index in [1.165, 1.54) is 0 Å². The minimum Gasteiger partial charge on any atom is -0.455 e. The highest BCUT2D eigenvalue weighted by Gasteiger charge is 2.38. The van der Waals surface area contributed by atoms with Gasteiger partial charge in [-0.1, -0.05) is 29.8 Å². The molecule has 0 amide bonds. The molecule has 0 unspecified atom stereocenters. The van der Waals surface area contributed by atoms with Crippen molar-refractivity contribution in [2.24, 2.45) is 5.92 Å². The van der Waals surface area contributed by atoms with E-state index in [2.05, 4.69) is 38.0 Å². The Labute approximate surface area is 207 Å². The molecule has 2 aromatic carbocycles. The van der Waals surface area contributed by atoms with Crippen molar-refractivity contribution in [1.29, 1.82) is 0 Å². The predicted molar refractivity (Wildman–Crippen MR) is 139 cm³/mol. The molecule has 1 aliphatic heterocycles. The van der Waals surface area contributed by atoms with Crippen LogP contribution in [-0.2, 0) is 0 Å². The molecule has 0 atom stereocenters. The first-order valence-electron chi connectivity index (χ1n) is 11.8. The van der Waals surface area contributed by atoms with E-state index in [4.69, 9.17) is 16.3 Å². The number of carbonyl (C=O) groups excluding carboxylic acids is 1. The van der Waals surface area contributed by atoms with Crippen molar-refractivity contribution in [1.82, 2.24) is 10.3 Å². The molecule has 1 saturated heterocycles. The predicted octanol–water partition coefficient (Wildman–Crippen LogP) is 7.63. The molecule has 1 fully saturated rings. The highest BCUT2D eigenvalue weighted by atomic mass is 35.5. The number of para-hydroxylation sites is 1. The summed E-state index contributed by atoms with van der Waals surface area (Å²) in [6.45, 7) is 10.9. The molecule has 178 valence electrons. The standard InChI is InChI=1S/C29H33ClN2O2/c1-19-12-13-31-18-23(19)22-8-6-7-9-26(22)34-27-11-10-21(15-24(27)30)25(33)14-20-16-28(2,3)32-29(4,5)17-20/h6-13,15,18,20,32H,14,16-17H2,1-5H3. The number of benzene rings is 2. The second-order valence-electron chi connectivity index (χ2n) is 10.7. The summed E-state index contributed by atoms with van der Waals surface area (Å²) >= 11 is 6.59. The maximum atomic E-state index is 13.1. The largest absolute Gasteiger partial charge is 0.455 e. The molecule has 0 radical (unpaired) electrons. The monoisotopic (exact) mass is 476 g/mol. The second kappa shape index (κ2) is 9.52. The fourth-order valence-corrected chi connectivity index (χ4v) is 5.68. The average molecular weight is 477 g/mol. The van der Waals surface area contributed by atoms with E-state index in [0.717, 1.165) is 29.5 Å². The Morgan fingerprint density at radius 1 is 1.03 bits per heavy atom. The lowest BCUT2D eigenvalue weighted by Gasteiger charge is -2.46. The van der Waals surface area contributed by atoms with Crippen molar-refractivity contribution < 1.29 is 9.53 Å².